The van der Waals surface area contributed by atoms with E-state index in [1.807, 2.05) is 0 Å². The van der Waals surface area contributed by atoms with E-state index in [4.69, 9.17) is 15.2 Å². The van der Waals surface area contributed by atoms with Crippen molar-refractivity contribution in [3.63, 3.8) is 0 Å². The number of carbonyl (C=O) groups excluding carboxylic acids is 2. The molecule has 0 spiro atoms. The van der Waals surface area contributed by atoms with E-state index in [9.17, 15) is 24.9 Å². The first kappa shape index (κ1) is 19.5. The zero-order valence-electron chi connectivity index (χ0n) is 15.7. The number of rotatable bonds is 3. The molecule has 4 rings (SSSR count). The normalized spacial score (nSPS) is 26.2. The molecule has 2 unspecified atom stereocenters. The summed E-state index contributed by atoms with van der Waals surface area (Å²) in [6, 6.07) is 6.61. The zero-order chi connectivity index (χ0) is 20.9. The van der Waals surface area contributed by atoms with Gasteiger partial charge in [0.2, 0.25) is 5.78 Å². The molecule has 0 aromatic heterocycles. The molecule has 1 aliphatic heterocycles. The Kier molecular flexibility index (Phi) is 4.87. The molecule has 152 valence electrons. The molecule has 1 aliphatic carbocycles. The molecule has 2 aliphatic rings. The monoisotopic (exact) mass is 399 g/mol. The maximum Gasteiger partial charge on any atom is 0.201 e. The number of aromatic hydroxyl groups is 2. The summed E-state index contributed by atoms with van der Waals surface area (Å²) in [5, 5.41) is 30.2. The minimum Gasteiger partial charge on any atom is -0.507 e. The number of phenolic OH excluding ortho intramolecular Hbond substituents is 2. The predicted molar refractivity (Wildman–Crippen MR) is 101 cm³/mol. The number of carbonyl (C=O) groups is 2. The van der Waals surface area contributed by atoms with Crippen LogP contribution in [0, 0.1) is 0 Å². The van der Waals surface area contributed by atoms with Crippen LogP contribution in [-0.2, 0) is 16.1 Å². The van der Waals surface area contributed by atoms with Crippen molar-refractivity contribution in [2.24, 2.45) is 5.73 Å². The van der Waals surface area contributed by atoms with Gasteiger partial charge in [-0.2, -0.15) is 0 Å². The topological polar surface area (TPSA) is 139 Å². The lowest BCUT2D eigenvalue weighted by Crippen LogP contribution is -2.51. The Morgan fingerprint density at radius 1 is 1.10 bits per heavy atom. The summed E-state index contributed by atoms with van der Waals surface area (Å²) in [7, 11) is 0. The number of ether oxygens (including phenoxy) is 2. The summed E-state index contributed by atoms with van der Waals surface area (Å²) >= 11 is 0. The molecule has 1 fully saturated rings. The van der Waals surface area contributed by atoms with E-state index >= 15 is 0 Å². The summed E-state index contributed by atoms with van der Waals surface area (Å²) in [5.74, 6) is -1.74. The number of benzene rings is 2. The Labute approximate surface area is 166 Å². The maximum atomic E-state index is 12.9. The van der Waals surface area contributed by atoms with Crippen LogP contribution in [0.5, 0.6) is 11.5 Å². The quantitative estimate of drug-likeness (QED) is 0.515. The third-order valence-corrected chi connectivity index (χ3v) is 5.35. The van der Waals surface area contributed by atoms with Crippen LogP contribution < -0.4 is 5.73 Å². The highest BCUT2D eigenvalue weighted by Gasteiger charge is 2.35. The van der Waals surface area contributed by atoms with Crippen molar-refractivity contribution in [1.82, 2.24) is 0 Å². The summed E-state index contributed by atoms with van der Waals surface area (Å²) in [4.78, 5) is 25.6. The van der Waals surface area contributed by atoms with Crippen LogP contribution in [0.3, 0.4) is 0 Å². The summed E-state index contributed by atoms with van der Waals surface area (Å²) in [6.45, 7) is 1.71. The average Bonchev–Trinajstić information content (AvgIpc) is 2.68. The number of aliphatic hydroxyl groups is 1. The lowest BCUT2D eigenvalue weighted by molar-refractivity contribution is -0.226. The molecule has 0 amide bonds. The van der Waals surface area contributed by atoms with Gasteiger partial charge in [0.1, 0.15) is 11.5 Å². The first-order valence-electron chi connectivity index (χ1n) is 9.26. The fraction of sp³-hybridized carbons (Fsp3) is 0.333. The molecule has 2 aromatic rings. The molecule has 0 saturated carbocycles. The van der Waals surface area contributed by atoms with Crippen LogP contribution in [0.15, 0.2) is 30.3 Å². The van der Waals surface area contributed by atoms with Gasteiger partial charge in [-0.05, 0) is 30.7 Å². The summed E-state index contributed by atoms with van der Waals surface area (Å²) in [6.07, 6.45) is -1.60. The van der Waals surface area contributed by atoms with Crippen LogP contribution in [0.2, 0.25) is 0 Å². The number of phenols is 2. The first-order valence-corrected chi connectivity index (χ1v) is 9.26. The highest BCUT2D eigenvalue weighted by atomic mass is 16.7. The van der Waals surface area contributed by atoms with E-state index in [1.54, 1.807) is 6.92 Å². The van der Waals surface area contributed by atoms with Gasteiger partial charge in [0, 0.05) is 23.6 Å². The highest BCUT2D eigenvalue weighted by Crippen LogP contribution is 2.37. The van der Waals surface area contributed by atoms with Crippen LogP contribution in [-0.4, -0.2) is 51.4 Å². The second kappa shape index (κ2) is 7.23. The Morgan fingerprint density at radius 2 is 1.83 bits per heavy atom. The minimum atomic E-state index is -0.775. The lowest BCUT2D eigenvalue weighted by atomic mass is 9.82. The largest absolute Gasteiger partial charge is 0.507 e. The molecule has 8 heteroatoms. The van der Waals surface area contributed by atoms with Crippen LogP contribution in [0.1, 0.15) is 50.8 Å². The zero-order valence-corrected chi connectivity index (χ0v) is 15.7. The summed E-state index contributed by atoms with van der Waals surface area (Å²) in [5.41, 5.74) is 6.25. The third kappa shape index (κ3) is 3.30. The maximum absolute atomic E-state index is 12.9. The van der Waals surface area contributed by atoms with Crippen molar-refractivity contribution in [3.05, 3.63) is 58.1 Å². The Bertz CT molecular complexity index is 991. The molecule has 0 bridgehead atoms. The van der Waals surface area contributed by atoms with E-state index in [-0.39, 0.29) is 40.4 Å². The van der Waals surface area contributed by atoms with E-state index in [2.05, 4.69) is 0 Å². The number of hydrogen-bond acceptors (Lipinski definition) is 8. The third-order valence-electron chi connectivity index (χ3n) is 5.35. The van der Waals surface area contributed by atoms with Gasteiger partial charge in [-0.3, -0.25) is 9.59 Å². The standard InChI is InChI=1S/C21H21NO7/c1-9-19(25)13(22)7-16(29-9)28-8-10-5-12-18(15(24)6-10)21(27)17-11(20(12)26)3-2-4-14(17)23/h2-6,9,13,16,19,23-25H,7-8,22H2,1H3/t9?,13?,16-,19+/m1/s1. The highest BCUT2D eigenvalue weighted by molar-refractivity contribution is 6.30. The van der Waals surface area contributed by atoms with Gasteiger partial charge < -0.3 is 30.5 Å². The number of nitrogens with two attached hydrogens (primary N) is 1. The fourth-order valence-electron chi connectivity index (χ4n) is 3.81. The van der Waals surface area contributed by atoms with E-state index in [0.29, 0.717) is 12.0 Å². The van der Waals surface area contributed by atoms with Crippen molar-refractivity contribution in [3.8, 4) is 11.5 Å². The fourth-order valence-corrected chi connectivity index (χ4v) is 3.81. The number of aliphatic hydroxyl groups excluding tert-OH is 1. The molecular weight excluding hydrogens is 378 g/mol. The van der Waals surface area contributed by atoms with E-state index in [1.165, 1.54) is 30.3 Å². The van der Waals surface area contributed by atoms with Crippen molar-refractivity contribution in [1.29, 1.82) is 0 Å². The molecule has 1 heterocycles. The average molecular weight is 399 g/mol. The van der Waals surface area contributed by atoms with Crippen molar-refractivity contribution < 1.29 is 34.4 Å². The van der Waals surface area contributed by atoms with Crippen molar-refractivity contribution in [2.75, 3.05) is 0 Å². The second-order valence-corrected chi connectivity index (χ2v) is 7.37. The first-order chi connectivity index (χ1) is 13.8. The van der Waals surface area contributed by atoms with Crippen LogP contribution >= 0.6 is 0 Å². The molecular formula is C21H21NO7. The number of fused-ring (bicyclic) bond motifs is 2. The van der Waals surface area contributed by atoms with Gasteiger partial charge in [0.15, 0.2) is 12.1 Å². The minimum absolute atomic E-state index is 0.00933. The molecule has 8 nitrogen and oxygen atoms in total. The van der Waals surface area contributed by atoms with Gasteiger partial charge in [-0.1, -0.05) is 12.1 Å². The molecule has 0 radical (unpaired) electrons. The molecule has 2 aromatic carbocycles. The molecule has 4 atom stereocenters. The number of hydrogen-bond donors (Lipinski definition) is 4. The van der Waals surface area contributed by atoms with Crippen molar-refractivity contribution in [2.45, 2.75) is 44.5 Å². The SMILES string of the molecule is CC1O[C@@H](OCc2cc(O)c3c(c2)C(=O)c2cccc(O)c2C3=O)CC(N)[C@H]1O. The smallest absolute Gasteiger partial charge is 0.201 e. The Morgan fingerprint density at radius 3 is 2.55 bits per heavy atom. The molecule has 5 N–H and O–H groups in total. The molecule has 29 heavy (non-hydrogen) atoms. The van der Waals surface area contributed by atoms with Gasteiger partial charge in [-0.15, -0.1) is 0 Å². The van der Waals surface area contributed by atoms with Crippen molar-refractivity contribution >= 4 is 11.6 Å². The Balaban J connectivity index is 1.60. The van der Waals surface area contributed by atoms with E-state index < -0.39 is 36.1 Å². The van der Waals surface area contributed by atoms with Gasteiger partial charge in [0.05, 0.1) is 29.9 Å². The van der Waals surface area contributed by atoms with Crippen LogP contribution in [0.4, 0.5) is 0 Å². The van der Waals surface area contributed by atoms with Gasteiger partial charge in [0.25, 0.3) is 0 Å². The summed E-state index contributed by atoms with van der Waals surface area (Å²) < 4.78 is 11.3. The predicted octanol–water partition coefficient (Wildman–Crippen LogP) is 1.21. The van der Waals surface area contributed by atoms with Crippen LogP contribution in [0.25, 0.3) is 0 Å². The van der Waals surface area contributed by atoms with Gasteiger partial charge >= 0.3 is 0 Å². The van der Waals surface area contributed by atoms with E-state index in [0.717, 1.165) is 0 Å². The number of ketones is 2. The Hall–Kier alpha value is -2.78. The lowest BCUT2D eigenvalue weighted by Gasteiger charge is -2.35. The molecule has 1 saturated heterocycles. The second-order valence-electron chi connectivity index (χ2n) is 7.37. The van der Waals surface area contributed by atoms with Gasteiger partial charge in [-0.25, -0.2) is 0 Å².